The van der Waals surface area contributed by atoms with E-state index in [9.17, 15) is 9.59 Å². The van der Waals surface area contributed by atoms with Crippen molar-refractivity contribution in [1.82, 2.24) is 10.2 Å². The summed E-state index contributed by atoms with van der Waals surface area (Å²) in [5.74, 6) is 0.791. The van der Waals surface area contributed by atoms with Gasteiger partial charge in [-0.25, -0.2) is 0 Å². The second-order valence-corrected chi connectivity index (χ2v) is 4.91. The minimum absolute atomic E-state index is 0.0221. The van der Waals surface area contributed by atoms with Crippen molar-refractivity contribution in [3.05, 3.63) is 29.3 Å². The number of benzene rings is 1. The number of nitrogens with zero attached hydrogens (tertiary/aromatic N) is 1. The molecule has 1 heterocycles. The highest BCUT2D eigenvalue weighted by Gasteiger charge is 2.25. The summed E-state index contributed by atoms with van der Waals surface area (Å²) in [4.78, 5) is 23.6. The summed E-state index contributed by atoms with van der Waals surface area (Å²) in [6.45, 7) is 1.97. The molecule has 0 unspecified atom stereocenters. The van der Waals surface area contributed by atoms with E-state index < -0.39 is 0 Å². The number of ether oxygens (including phenoxy) is 1. The van der Waals surface area contributed by atoms with E-state index in [2.05, 4.69) is 5.32 Å². The van der Waals surface area contributed by atoms with Crippen molar-refractivity contribution in [1.29, 1.82) is 0 Å². The SMILES string of the molecule is O=CN1CC(CNC(=O)COc2ccc(Cl)cc2)C1. The maximum absolute atomic E-state index is 11.5. The summed E-state index contributed by atoms with van der Waals surface area (Å²) in [7, 11) is 0. The van der Waals surface area contributed by atoms with E-state index >= 15 is 0 Å². The van der Waals surface area contributed by atoms with Crippen molar-refractivity contribution in [2.24, 2.45) is 5.92 Å². The Morgan fingerprint density at radius 1 is 1.42 bits per heavy atom. The van der Waals surface area contributed by atoms with Gasteiger partial charge in [0.05, 0.1) is 0 Å². The van der Waals surface area contributed by atoms with Crippen molar-refractivity contribution < 1.29 is 14.3 Å². The van der Waals surface area contributed by atoms with Gasteiger partial charge < -0.3 is 15.0 Å². The number of carbonyl (C=O) groups excluding carboxylic acids is 2. The van der Waals surface area contributed by atoms with Crippen molar-refractivity contribution >= 4 is 23.9 Å². The molecule has 2 rings (SSSR count). The Labute approximate surface area is 116 Å². The molecule has 0 radical (unpaired) electrons. The first kappa shape index (κ1) is 13.7. The molecule has 2 amide bonds. The average Bonchev–Trinajstić information content (AvgIpc) is 2.36. The predicted octanol–water partition coefficient (Wildman–Crippen LogP) is 0.923. The zero-order valence-electron chi connectivity index (χ0n) is 10.3. The van der Waals surface area contributed by atoms with Crippen LogP contribution in [0.2, 0.25) is 5.02 Å². The second kappa shape index (κ2) is 6.43. The molecular weight excluding hydrogens is 268 g/mol. The normalized spacial score (nSPS) is 14.7. The van der Waals surface area contributed by atoms with Gasteiger partial charge in [0.15, 0.2) is 6.61 Å². The third-order valence-electron chi connectivity index (χ3n) is 2.91. The van der Waals surface area contributed by atoms with E-state index in [0.29, 0.717) is 36.3 Å². The molecular formula is C13H15ClN2O3. The lowest BCUT2D eigenvalue weighted by molar-refractivity contribution is -0.125. The summed E-state index contributed by atoms with van der Waals surface area (Å²) in [5, 5.41) is 3.40. The molecule has 6 heteroatoms. The van der Waals surface area contributed by atoms with Crippen LogP contribution in [-0.2, 0) is 9.59 Å². The second-order valence-electron chi connectivity index (χ2n) is 4.47. The molecule has 0 spiro atoms. The Morgan fingerprint density at radius 3 is 2.74 bits per heavy atom. The van der Waals surface area contributed by atoms with Gasteiger partial charge in [-0.2, -0.15) is 0 Å². The summed E-state index contributed by atoms with van der Waals surface area (Å²) < 4.78 is 5.31. The molecule has 0 saturated carbocycles. The summed E-state index contributed by atoms with van der Waals surface area (Å²) in [6, 6.07) is 6.83. The Hall–Kier alpha value is -1.75. The van der Waals surface area contributed by atoms with E-state index in [0.717, 1.165) is 6.41 Å². The van der Waals surface area contributed by atoms with Crippen molar-refractivity contribution in [2.75, 3.05) is 26.2 Å². The molecule has 0 bridgehead atoms. The number of hydrogen-bond acceptors (Lipinski definition) is 3. The van der Waals surface area contributed by atoms with Crippen LogP contribution in [0.25, 0.3) is 0 Å². The van der Waals surface area contributed by atoms with Crippen LogP contribution in [0.15, 0.2) is 24.3 Å². The molecule has 0 aliphatic carbocycles. The van der Waals surface area contributed by atoms with E-state index in [1.807, 2.05) is 0 Å². The molecule has 1 aromatic carbocycles. The number of hydrogen-bond donors (Lipinski definition) is 1. The number of carbonyl (C=O) groups is 2. The van der Waals surface area contributed by atoms with Crippen molar-refractivity contribution in [3.8, 4) is 5.75 Å². The average molecular weight is 283 g/mol. The zero-order chi connectivity index (χ0) is 13.7. The smallest absolute Gasteiger partial charge is 0.257 e. The van der Waals surface area contributed by atoms with Crippen molar-refractivity contribution in [2.45, 2.75) is 0 Å². The molecule has 1 fully saturated rings. The fraction of sp³-hybridized carbons (Fsp3) is 0.385. The van der Waals surface area contributed by atoms with Gasteiger partial charge in [0.25, 0.3) is 5.91 Å². The molecule has 1 aliphatic rings. The number of likely N-dealkylation sites (tertiary alicyclic amines) is 1. The lowest BCUT2D eigenvalue weighted by Gasteiger charge is -2.36. The maximum Gasteiger partial charge on any atom is 0.257 e. The van der Waals surface area contributed by atoms with Crippen LogP contribution in [0.1, 0.15) is 0 Å². The van der Waals surface area contributed by atoms with Gasteiger partial charge in [-0.05, 0) is 24.3 Å². The summed E-state index contributed by atoms with van der Waals surface area (Å²) >= 11 is 5.74. The first-order valence-electron chi connectivity index (χ1n) is 6.02. The highest BCUT2D eigenvalue weighted by Crippen LogP contribution is 2.15. The molecule has 19 heavy (non-hydrogen) atoms. The minimum atomic E-state index is -0.167. The highest BCUT2D eigenvalue weighted by atomic mass is 35.5. The molecule has 0 atom stereocenters. The Bertz CT molecular complexity index is 444. The van der Waals surface area contributed by atoms with Crippen LogP contribution < -0.4 is 10.1 Å². The number of halogens is 1. The molecule has 0 aromatic heterocycles. The van der Waals surface area contributed by atoms with Crippen molar-refractivity contribution in [3.63, 3.8) is 0 Å². The lowest BCUT2D eigenvalue weighted by Crippen LogP contribution is -2.50. The Balaban J connectivity index is 1.62. The zero-order valence-corrected chi connectivity index (χ0v) is 11.1. The van der Waals surface area contributed by atoms with Gasteiger partial charge in [-0.1, -0.05) is 11.6 Å². The summed E-state index contributed by atoms with van der Waals surface area (Å²) in [5.41, 5.74) is 0. The van der Waals surface area contributed by atoms with Gasteiger partial charge in [-0.3, -0.25) is 9.59 Å². The van der Waals surface area contributed by atoms with Gasteiger partial charge in [0.1, 0.15) is 5.75 Å². The predicted molar refractivity (Wildman–Crippen MR) is 71.1 cm³/mol. The monoisotopic (exact) mass is 282 g/mol. The fourth-order valence-corrected chi connectivity index (χ4v) is 1.94. The number of nitrogens with one attached hydrogen (secondary N) is 1. The molecule has 1 aliphatic heterocycles. The van der Waals surface area contributed by atoms with Crippen LogP contribution in [0.5, 0.6) is 5.75 Å². The van der Waals surface area contributed by atoms with Crippen LogP contribution in [0.3, 0.4) is 0 Å². The molecule has 1 N–H and O–H groups in total. The van der Waals surface area contributed by atoms with Crippen LogP contribution >= 0.6 is 11.6 Å². The molecule has 1 saturated heterocycles. The first-order chi connectivity index (χ1) is 9.17. The molecule has 102 valence electrons. The molecule has 1 aromatic rings. The van der Waals surface area contributed by atoms with Crippen LogP contribution in [-0.4, -0.2) is 43.5 Å². The quantitative estimate of drug-likeness (QED) is 0.790. The minimum Gasteiger partial charge on any atom is -0.484 e. The molecule has 5 nitrogen and oxygen atoms in total. The first-order valence-corrected chi connectivity index (χ1v) is 6.39. The number of rotatable bonds is 6. The standard InChI is InChI=1S/C13H15ClN2O3/c14-11-1-3-12(4-2-11)19-8-13(18)15-5-10-6-16(7-10)9-17/h1-4,9-10H,5-8H2,(H,15,18). The lowest BCUT2D eigenvalue weighted by atomic mass is 10.0. The summed E-state index contributed by atoms with van der Waals surface area (Å²) in [6.07, 6.45) is 0.821. The van der Waals surface area contributed by atoms with E-state index in [1.165, 1.54) is 0 Å². The van der Waals surface area contributed by atoms with Gasteiger partial charge in [0.2, 0.25) is 6.41 Å². The highest BCUT2D eigenvalue weighted by molar-refractivity contribution is 6.30. The Morgan fingerprint density at radius 2 is 2.11 bits per heavy atom. The van der Waals surface area contributed by atoms with E-state index in [-0.39, 0.29) is 12.5 Å². The fourth-order valence-electron chi connectivity index (χ4n) is 1.81. The maximum atomic E-state index is 11.5. The Kier molecular flexibility index (Phi) is 4.63. The van der Waals surface area contributed by atoms with Gasteiger partial charge >= 0.3 is 0 Å². The van der Waals surface area contributed by atoms with Crippen LogP contribution in [0.4, 0.5) is 0 Å². The van der Waals surface area contributed by atoms with Crippen LogP contribution in [0, 0.1) is 5.92 Å². The van der Waals surface area contributed by atoms with E-state index in [4.69, 9.17) is 16.3 Å². The van der Waals surface area contributed by atoms with E-state index in [1.54, 1.807) is 29.2 Å². The van der Waals surface area contributed by atoms with Gasteiger partial charge in [0, 0.05) is 30.6 Å². The topological polar surface area (TPSA) is 58.6 Å². The largest absolute Gasteiger partial charge is 0.484 e. The third kappa shape index (κ3) is 4.13. The van der Waals surface area contributed by atoms with Gasteiger partial charge in [-0.15, -0.1) is 0 Å². The number of amides is 2. The third-order valence-corrected chi connectivity index (χ3v) is 3.16.